The van der Waals surface area contributed by atoms with Crippen LogP contribution >= 0.6 is 0 Å². The molecule has 28 heavy (non-hydrogen) atoms. The number of amides is 3. The van der Waals surface area contributed by atoms with Crippen LogP contribution in [0.25, 0.3) is 0 Å². The third-order valence-corrected chi connectivity index (χ3v) is 8.04. The van der Waals surface area contributed by atoms with Crippen molar-refractivity contribution in [2.24, 2.45) is 17.1 Å². The number of hydrogen-bond donors (Lipinski definition) is 2. The smallest absolute Gasteiger partial charge is 0.320 e. The van der Waals surface area contributed by atoms with Gasteiger partial charge in [0, 0.05) is 37.0 Å². The quantitative estimate of drug-likeness (QED) is 0.779. The molecule has 3 N–H and O–H groups in total. The number of nitrogens with zero attached hydrogens (tertiary/aromatic N) is 2. The maximum absolute atomic E-state index is 13.4. The van der Waals surface area contributed by atoms with Crippen molar-refractivity contribution in [2.75, 3.05) is 19.6 Å². The number of phenolic OH excluding ortho intramolecular Hbond substituents is 1. The molecule has 0 unspecified atom stereocenters. The number of nitrogens with two attached hydrogens (primary N) is 1. The molecule has 152 valence electrons. The van der Waals surface area contributed by atoms with Crippen LogP contribution in [0.1, 0.15) is 51.2 Å². The molecule has 0 aromatic heterocycles. The van der Waals surface area contributed by atoms with Gasteiger partial charge in [0.1, 0.15) is 5.75 Å². The van der Waals surface area contributed by atoms with Gasteiger partial charge in [0.15, 0.2) is 0 Å². The Bertz CT molecular complexity index is 813. The van der Waals surface area contributed by atoms with Crippen LogP contribution in [0.5, 0.6) is 5.75 Å². The molecule has 2 saturated heterocycles. The lowest BCUT2D eigenvalue weighted by molar-refractivity contribution is -0.123. The molecule has 3 amide bonds. The Balaban J connectivity index is 1.61. The summed E-state index contributed by atoms with van der Waals surface area (Å²) in [6, 6.07) is 5.90. The van der Waals surface area contributed by atoms with Crippen LogP contribution in [0.2, 0.25) is 0 Å². The topological polar surface area (TPSA) is 86.9 Å². The zero-order valence-corrected chi connectivity index (χ0v) is 17.1. The van der Waals surface area contributed by atoms with E-state index in [9.17, 15) is 14.7 Å². The molecule has 2 bridgehead atoms. The molecule has 2 aliphatic heterocycles. The van der Waals surface area contributed by atoms with Crippen LogP contribution < -0.4 is 5.73 Å². The number of urea groups is 1. The summed E-state index contributed by atoms with van der Waals surface area (Å²) in [7, 11) is 0. The molecule has 0 saturated carbocycles. The molecule has 3 aliphatic rings. The van der Waals surface area contributed by atoms with Crippen molar-refractivity contribution in [3.05, 3.63) is 29.3 Å². The number of carbonyl (C=O) groups excluding carboxylic acids is 2. The summed E-state index contributed by atoms with van der Waals surface area (Å²) in [5, 5.41) is 10.5. The molecule has 6 nitrogen and oxygen atoms in total. The van der Waals surface area contributed by atoms with Crippen molar-refractivity contribution in [2.45, 2.75) is 57.9 Å². The van der Waals surface area contributed by atoms with Gasteiger partial charge in [0.05, 0.1) is 0 Å². The molecule has 0 spiro atoms. The fraction of sp³-hybridized carbons (Fsp3) is 0.636. The minimum Gasteiger partial charge on any atom is -0.508 e. The number of likely N-dealkylation sites (tertiary alicyclic amines) is 2. The SMILES string of the molecule is CC1(C)[C@H]2Cc3c(O)cccc3[C@]1(C)CCN2C(=O)N1CCC(C(N)=O)CC1. The van der Waals surface area contributed by atoms with Gasteiger partial charge in [0.2, 0.25) is 5.91 Å². The monoisotopic (exact) mass is 385 g/mol. The summed E-state index contributed by atoms with van der Waals surface area (Å²) in [6.45, 7) is 8.66. The van der Waals surface area contributed by atoms with Gasteiger partial charge in [0.25, 0.3) is 0 Å². The Morgan fingerprint density at radius 1 is 1.14 bits per heavy atom. The standard InChI is InChI=1S/C22H31N3O3/c1-21(2)18-13-15-16(5-4-6-17(15)26)22(21,3)9-12-25(18)20(28)24-10-7-14(8-11-24)19(23)27/h4-6,14,18,26H,7-13H2,1-3H3,(H2,23,27)/t18-,22+/m1/s1. The minimum atomic E-state index is -0.263. The number of benzene rings is 1. The number of hydrogen-bond acceptors (Lipinski definition) is 3. The second-order valence-corrected chi connectivity index (χ2v) is 9.47. The summed E-state index contributed by atoms with van der Waals surface area (Å²) in [4.78, 5) is 28.7. The third kappa shape index (κ3) is 2.60. The van der Waals surface area contributed by atoms with E-state index < -0.39 is 0 Å². The van der Waals surface area contributed by atoms with Crippen molar-refractivity contribution >= 4 is 11.9 Å². The van der Waals surface area contributed by atoms with Crippen molar-refractivity contribution < 1.29 is 14.7 Å². The van der Waals surface area contributed by atoms with Gasteiger partial charge in [-0.1, -0.05) is 32.9 Å². The van der Waals surface area contributed by atoms with Gasteiger partial charge < -0.3 is 20.6 Å². The zero-order chi connectivity index (χ0) is 20.3. The number of aromatic hydroxyl groups is 1. The summed E-state index contributed by atoms with van der Waals surface area (Å²) < 4.78 is 0. The second-order valence-electron chi connectivity index (χ2n) is 9.47. The number of carbonyl (C=O) groups is 2. The van der Waals surface area contributed by atoms with E-state index in [1.807, 2.05) is 15.9 Å². The van der Waals surface area contributed by atoms with Crippen molar-refractivity contribution in [3.63, 3.8) is 0 Å². The number of primary amides is 1. The molecule has 4 rings (SSSR count). The van der Waals surface area contributed by atoms with Crippen LogP contribution in [0.15, 0.2) is 18.2 Å². The first-order valence-electron chi connectivity index (χ1n) is 10.3. The Hall–Kier alpha value is -2.24. The highest BCUT2D eigenvalue weighted by molar-refractivity contribution is 5.78. The maximum atomic E-state index is 13.4. The first kappa shape index (κ1) is 19.1. The largest absolute Gasteiger partial charge is 0.508 e. The number of phenols is 1. The van der Waals surface area contributed by atoms with Gasteiger partial charge in [-0.3, -0.25) is 4.79 Å². The van der Waals surface area contributed by atoms with E-state index in [0.717, 1.165) is 12.0 Å². The predicted octanol–water partition coefficient (Wildman–Crippen LogP) is 2.62. The molecular weight excluding hydrogens is 354 g/mol. The Kier molecular flexibility index (Phi) is 4.36. The predicted molar refractivity (Wildman–Crippen MR) is 107 cm³/mol. The van der Waals surface area contributed by atoms with E-state index in [2.05, 4.69) is 26.8 Å². The highest BCUT2D eigenvalue weighted by atomic mass is 16.3. The van der Waals surface area contributed by atoms with Gasteiger partial charge in [-0.25, -0.2) is 4.79 Å². The fourth-order valence-electron chi connectivity index (χ4n) is 5.69. The van der Waals surface area contributed by atoms with Gasteiger partial charge in [-0.2, -0.15) is 0 Å². The van der Waals surface area contributed by atoms with E-state index in [1.165, 1.54) is 5.56 Å². The summed E-state index contributed by atoms with van der Waals surface area (Å²) in [5.74, 6) is -0.0502. The highest BCUT2D eigenvalue weighted by Crippen LogP contribution is 2.57. The number of rotatable bonds is 1. The number of fused-ring (bicyclic) bond motifs is 4. The summed E-state index contributed by atoms with van der Waals surface area (Å²) in [5.41, 5.74) is 7.45. The van der Waals surface area contributed by atoms with E-state index in [1.54, 1.807) is 6.07 Å². The first-order chi connectivity index (χ1) is 13.2. The molecule has 2 fully saturated rings. The lowest BCUT2D eigenvalue weighted by Crippen LogP contribution is -2.66. The Labute approximate surface area is 166 Å². The molecule has 6 heteroatoms. The lowest BCUT2D eigenvalue weighted by Gasteiger charge is -2.61. The minimum absolute atomic E-state index is 0.0356. The molecule has 2 atom stereocenters. The Morgan fingerprint density at radius 2 is 1.82 bits per heavy atom. The number of piperidine rings is 2. The van der Waals surface area contributed by atoms with Crippen molar-refractivity contribution in [1.29, 1.82) is 0 Å². The van der Waals surface area contributed by atoms with Crippen LogP contribution in [0.4, 0.5) is 4.79 Å². The fourth-order valence-corrected chi connectivity index (χ4v) is 5.69. The lowest BCUT2D eigenvalue weighted by atomic mass is 9.51. The van der Waals surface area contributed by atoms with Crippen LogP contribution in [-0.4, -0.2) is 52.5 Å². The summed E-state index contributed by atoms with van der Waals surface area (Å²) in [6.07, 6.45) is 2.83. The van der Waals surface area contributed by atoms with E-state index in [4.69, 9.17) is 5.73 Å². The van der Waals surface area contributed by atoms with Crippen LogP contribution in [0, 0.1) is 11.3 Å². The highest BCUT2D eigenvalue weighted by Gasteiger charge is 2.57. The van der Waals surface area contributed by atoms with Crippen LogP contribution in [0.3, 0.4) is 0 Å². The molecule has 2 heterocycles. The molecule has 1 aliphatic carbocycles. The Morgan fingerprint density at radius 3 is 2.46 bits per heavy atom. The average molecular weight is 386 g/mol. The first-order valence-corrected chi connectivity index (χ1v) is 10.3. The molecule has 0 radical (unpaired) electrons. The normalized spacial score (nSPS) is 29.3. The van der Waals surface area contributed by atoms with Crippen molar-refractivity contribution in [3.8, 4) is 5.75 Å². The van der Waals surface area contributed by atoms with Gasteiger partial charge in [-0.15, -0.1) is 0 Å². The van der Waals surface area contributed by atoms with Gasteiger partial charge in [-0.05, 0) is 48.3 Å². The summed E-state index contributed by atoms with van der Waals surface area (Å²) >= 11 is 0. The van der Waals surface area contributed by atoms with Crippen LogP contribution in [-0.2, 0) is 16.6 Å². The third-order valence-electron chi connectivity index (χ3n) is 8.04. The maximum Gasteiger partial charge on any atom is 0.320 e. The van der Waals surface area contributed by atoms with E-state index >= 15 is 0 Å². The zero-order valence-electron chi connectivity index (χ0n) is 17.1. The average Bonchev–Trinajstić information content (AvgIpc) is 2.65. The van der Waals surface area contributed by atoms with Gasteiger partial charge >= 0.3 is 6.03 Å². The van der Waals surface area contributed by atoms with E-state index in [-0.39, 0.29) is 34.7 Å². The second kappa shape index (κ2) is 6.39. The molecule has 1 aromatic carbocycles. The van der Waals surface area contributed by atoms with Crippen molar-refractivity contribution in [1.82, 2.24) is 9.80 Å². The van der Waals surface area contributed by atoms with E-state index in [0.29, 0.717) is 44.6 Å². The molecule has 1 aromatic rings. The molecular formula is C22H31N3O3.